The van der Waals surface area contributed by atoms with Crippen LogP contribution in [0.4, 0.5) is 0 Å². The normalized spacial score (nSPS) is 10.5. The van der Waals surface area contributed by atoms with Crippen molar-refractivity contribution in [1.29, 1.82) is 0 Å². The van der Waals surface area contributed by atoms with E-state index < -0.39 is 0 Å². The Balaban J connectivity index is 2.36. The Bertz CT molecular complexity index is 428. The Morgan fingerprint density at radius 3 is 2.53 bits per heavy atom. The third-order valence-corrected chi connectivity index (χ3v) is 2.47. The average molecular weight is 201 g/mol. The summed E-state index contributed by atoms with van der Waals surface area (Å²) in [5, 5.41) is 0. The molecule has 78 valence electrons. The van der Waals surface area contributed by atoms with E-state index in [0.717, 1.165) is 17.7 Å². The summed E-state index contributed by atoms with van der Waals surface area (Å²) in [4.78, 5) is 0. The molecular weight excluding hydrogens is 186 g/mol. The van der Waals surface area contributed by atoms with Gasteiger partial charge in [0.2, 0.25) is 0 Å². The number of rotatable bonds is 3. The maximum atomic E-state index is 5.55. The van der Waals surface area contributed by atoms with Crippen molar-refractivity contribution in [1.82, 2.24) is 0 Å². The highest BCUT2D eigenvalue weighted by Gasteiger charge is 2.07. The van der Waals surface area contributed by atoms with Crippen LogP contribution in [0, 0.1) is 6.92 Å². The molecule has 2 aromatic rings. The Kier molecular flexibility index (Phi) is 2.88. The van der Waals surface area contributed by atoms with Crippen molar-refractivity contribution in [3.8, 4) is 11.3 Å². The lowest BCUT2D eigenvalue weighted by Crippen LogP contribution is -2.02. The summed E-state index contributed by atoms with van der Waals surface area (Å²) < 4.78 is 5.49. The maximum absolute atomic E-state index is 5.55. The van der Waals surface area contributed by atoms with E-state index in [1.165, 1.54) is 11.1 Å². The van der Waals surface area contributed by atoms with Gasteiger partial charge in [-0.3, -0.25) is 0 Å². The third-order valence-electron chi connectivity index (χ3n) is 2.47. The van der Waals surface area contributed by atoms with Gasteiger partial charge in [0.15, 0.2) is 0 Å². The van der Waals surface area contributed by atoms with Crippen molar-refractivity contribution in [2.75, 3.05) is 6.54 Å². The number of hydrogen-bond donors (Lipinski definition) is 1. The van der Waals surface area contributed by atoms with E-state index in [1.807, 2.05) is 6.07 Å². The minimum atomic E-state index is 0.651. The fourth-order valence-corrected chi connectivity index (χ4v) is 1.65. The van der Waals surface area contributed by atoms with E-state index >= 15 is 0 Å². The summed E-state index contributed by atoms with van der Waals surface area (Å²) in [5.41, 5.74) is 9.11. The van der Waals surface area contributed by atoms with Crippen molar-refractivity contribution in [2.24, 2.45) is 5.73 Å². The third kappa shape index (κ3) is 2.10. The second kappa shape index (κ2) is 4.32. The predicted octanol–water partition coefficient (Wildman–Crippen LogP) is 2.76. The van der Waals surface area contributed by atoms with Gasteiger partial charge in [-0.25, -0.2) is 0 Å². The van der Waals surface area contributed by atoms with Crippen LogP contribution in [0.3, 0.4) is 0 Å². The van der Waals surface area contributed by atoms with Crippen LogP contribution in [-0.2, 0) is 6.42 Å². The van der Waals surface area contributed by atoms with E-state index in [-0.39, 0.29) is 0 Å². The highest BCUT2D eigenvalue weighted by molar-refractivity contribution is 5.61. The number of nitrogens with two attached hydrogens (primary N) is 1. The summed E-state index contributed by atoms with van der Waals surface area (Å²) in [6.45, 7) is 2.73. The van der Waals surface area contributed by atoms with Crippen molar-refractivity contribution < 1.29 is 4.42 Å². The largest absolute Gasteiger partial charge is 0.464 e. The number of hydrogen-bond acceptors (Lipinski definition) is 2. The maximum Gasteiger partial charge on any atom is 0.137 e. The van der Waals surface area contributed by atoms with Crippen LogP contribution in [0.1, 0.15) is 11.1 Å². The van der Waals surface area contributed by atoms with Gasteiger partial charge in [0, 0.05) is 5.56 Å². The monoisotopic (exact) mass is 201 g/mol. The molecule has 0 saturated carbocycles. The van der Waals surface area contributed by atoms with Gasteiger partial charge in [0.05, 0.1) is 6.26 Å². The lowest BCUT2D eigenvalue weighted by Gasteiger charge is -2.01. The van der Waals surface area contributed by atoms with Crippen LogP contribution >= 0.6 is 0 Å². The van der Waals surface area contributed by atoms with Gasteiger partial charge >= 0.3 is 0 Å². The fourth-order valence-electron chi connectivity index (χ4n) is 1.65. The van der Waals surface area contributed by atoms with Gasteiger partial charge < -0.3 is 10.2 Å². The minimum Gasteiger partial charge on any atom is -0.464 e. The van der Waals surface area contributed by atoms with E-state index in [2.05, 4.69) is 31.2 Å². The molecule has 1 heterocycles. The average Bonchev–Trinajstić information content (AvgIpc) is 2.68. The van der Waals surface area contributed by atoms with Crippen LogP contribution in [0.25, 0.3) is 11.3 Å². The topological polar surface area (TPSA) is 39.2 Å². The molecule has 1 aromatic heterocycles. The van der Waals surface area contributed by atoms with Gasteiger partial charge in [-0.2, -0.15) is 0 Å². The van der Waals surface area contributed by atoms with Crippen LogP contribution in [0.15, 0.2) is 41.0 Å². The smallest absolute Gasteiger partial charge is 0.137 e. The molecule has 2 N–H and O–H groups in total. The highest BCUT2D eigenvalue weighted by atomic mass is 16.3. The van der Waals surface area contributed by atoms with E-state index in [4.69, 9.17) is 10.2 Å². The fraction of sp³-hybridized carbons (Fsp3) is 0.231. The summed E-state index contributed by atoms with van der Waals surface area (Å²) in [5.74, 6) is 0.945. The summed E-state index contributed by atoms with van der Waals surface area (Å²) in [6, 6.07) is 10.3. The lowest BCUT2D eigenvalue weighted by atomic mass is 10.1. The SMILES string of the molecule is Cc1ccc(-c2occc2CCN)cc1. The molecule has 0 spiro atoms. The van der Waals surface area contributed by atoms with Gasteiger partial charge in [-0.05, 0) is 31.5 Å². The zero-order chi connectivity index (χ0) is 10.7. The molecule has 0 saturated heterocycles. The number of aryl methyl sites for hydroxylation is 1. The molecule has 2 rings (SSSR count). The first kappa shape index (κ1) is 9.99. The Morgan fingerprint density at radius 1 is 1.13 bits per heavy atom. The van der Waals surface area contributed by atoms with Gasteiger partial charge in [-0.15, -0.1) is 0 Å². The minimum absolute atomic E-state index is 0.651. The van der Waals surface area contributed by atoms with Crippen LogP contribution < -0.4 is 5.73 Å². The standard InChI is InChI=1S/C13H15NO/c1-10-2-4-11(5-3-10)13-12(6-8-14)7-9-15-13/h2-5,7,9H,6,8,14H2,1H3. The van der Waals surface area contributed by atoms with Crippen molar-refractivity contribution in [2.45, 2.75) is 13.3 Å². The Labute approximate surface area is 89.7 Å². The van der Waals surface area contributed by atoms with Crippen LogP contribution in [0.5, 0.6) is 0 Å². The van der Waals surface area contributed by atoms with Crippen molar-refractivity contribution in [3.05, 3.63) is 47.7 Å². The molecule has 0 unspecified atom stereocenters. The van der Waals surface area contributed by atoms with E-state index in [9.17, 15) is 0 Å². The van der Waals surface area contributed by atoms with Gasteiger partial charge in [-0.1, -0.05) is 29.8 Å². The molecule has 0 bridgehead atoms. The highest BCUT2D eigenvalue weighted by Crippen LogP contribution is 2.25. The molecule has 0 aliphatic carbocycles. The van der Waals surface area contributed by atoms with E-state index in [1.54, 1.807) is 6.26 Å². The first-order valence-electron chi connectivity index (χ1n) is 5.15. The summed E-state index contributed by atoms with van der Waals surface area (Å²) in [6.07, 6.45) is 2.58. The predicted molar refractivity (Wildman–Crippen MR) is 61.6 cm³/mol. The van der Waals surface area contributed by atoms with Gasteiger partial charge in [0.25, 0.3) is 0 Å². The van der Waals surface area contributed by atoms with Crippen LogP contribution in [0.2, 0.25) is 0 Å². The summed E-state index contributed by atoms with van der Waals surface area (Å²) in [7, 11) is 0. The zero-order valence-corrected chi connectivity index (χ0v) is 8.86. The molecule has 0 amide bonds. The Morgan fingerprint density at radius 2 is 1.87 bits per heavy atom. The second-order valence-electron chi connectivity index (χ2n) is 3.68. The second-order valence-corrected chi connectivity index (χ2v) is 3.68. The molecule has 0 aliphatic rings. The van der Waals surface area contributed by atoms with E-state index in [0.29, 0.717) is 6.54 Å². The first-order chi connectivity index (χ1) is 7.31. The molecule has 2 nitrogen and oxygen atoms in total. The molecule has 2 heteroatoms. The molecule has 1 aromatic carbocycles. The molecule has 15 heavy (non-hydrogen) atoms. The van der Waals surface area contributed by atoms with Gasteiger partial charge in [0.1, 0.15) is 5.76 Å². The Hall–Kier alpha value is -1.54. The van der Waals surface area contributed by atoms with Crippen molar-refractivity contribution in [3.63, 3.8) is 0 Å². The summed E-state index contributed by atoms with van der Waals surface area (Å²) >= 11 is 0. The molecule has 0 radical (unpaired) electrons. The molecule has 0 atom stereocenters. The molecule has 0 aliphatic heterocycles. The van der Waals surface area contributed by atoms with Crippen molar-refractivity contribution >= 4 is 0 Å². The zero-order valence-electron chi connectivity index (χ0n) is 8.86. The van der Waals surface area contributed by atoms with Crippen LogP contribution in [-0.4, -0.2) is 6.54 Å². The first-order valence-corrected chi connectivity index (χ1v) is 5.15. The number of benzene rings is 1. The molecule has 0 fully saturated rings. The quantitative estimate of drug-likeness (QED) is 0.829. The molecular formula is C13H15NO. The number of furan rings is 1. The lowest BCUT2D eigenvalue weighted by molar-refractivity contribution is 0.579.